The highest BCUT2D eigenvalue weighted by atomic mass is 35.5. The Balaban J connectivity index is 1.53. The maximum Gasteiger partial charge on any atom is 0.387 e. The molecule has 0 radical (unpaired) electrons. The minimum Gasteiger partial charge on any atom is -0.619 e. The van der Waals surface area contributed by atoms with Gasteiger partial charge in [-0.1, -0.05) is 47.5 Å². The molecular formula is C28H22Cl2F2N2O5. The van der Waals surface area contributed by atoms with Crippen LogP contribution < -0.4 is 14.2 Å². The Labute approximate surface area is 232 Å². The number of hydrogen-bond acceptors (Lipinski definition) is 6. The fraction of sp³-hybridized carbons (Fsp3) is 0.250. The number of rotatable bonds is 10. The van der Waals surface area contributed by atoms with Crippen LogP contribution >= 0.6 is 23.2 Å². The first-order valence-corrected chi connectivity index (χ1v) is 12.9. The van der Waals surface area contributed by atoms with Gasteiger partial charge in [-0.3, -0.25) is 4.98 Å². The smallest absolute Gasteiger partial charge is 0.387 e. The van der Waals surface area contributed by atoms with Gasteiger partial charge in [0, 0.05) is 23.6 Å². The lowest BCUT2D eigenvalue weighted by atomic mass is 10.0. The topological polar surface area (TPSA) is 84.6 Å². The molecule has 0 spiro atoms. The van der Waals surface area contributed by atoms with Crippen LogP contribution in [0.5, 0.6) is 11.5 Å². The molecule has 0 bridgehead atoms. The molecule has 39 heavy (non-hydrogen) atoms. The SMILES string of the molecule is O=C(OC(Cc1c(Cl)c[n+]([O-])cc1Cl)c1ccc(OC(F)F)c(OCC2CC2)c1)c1cccc2cccnc12. The highest BCUT2D eigenvalue weighted by Crippen LogP contribution is 2.38. The number of benzene rings is 2. The first-order chi connectivity index (χ1) is 18.8. The quantitative estimate of drug-likeness (QED) is 0.119. The summed E-state index contributed by atoms with van der Waals surface area (Å²) in [6, 6.07) is 13.1. The zero-order valence-corrected chi connectivity index (χ0v) is 21.9. The molecule has 1 atom stereocenters. The van der Waals surface area contributed by atoms with Crippen LogP contribution in [0.3, 0.4) is 0 Å². The molecule has 1 unspecified atom stereocenters. The molecule has 2 heterocycles. The molecule has 5 rings (SSSR count). The van der Waals surface area contributed by atoms with Crippen molar-refractivity contribution in [2.24, 2.45) is 5.92 Å². The molecule has 1 saturated carbocycles. The highest BCUT2D eigenvalue weighted by Gasteiger charge is 2.27. The predicted molar refractivity (Wildman–Crippen MR) is 140 cm³/mol. The van der Waals surface area contributed by atoms with Crippen molar-refractivity contribution in [2.75, 3.05) is 6.61 Å². The normalized spacial score (nSPS) is 13.9. The van der Waals surface area contributed by atoms with Gasteiger partial charge in [0.25, 0.3) is 0 Å². The van der Waals surface area contributed by atoms with Crippen molar-refractivity contribution < 1.29 is 32.5 Å². The zero-order chi connectivity index (χ0) is 27.5. The second-order valence-corrected chi connectivity index (χ2v) is 9.92. The summed E-state index contributed by atoms with van der Waals surface area (Å²) >= 11 is 12.6. The minimum absolute atomic E-state index is 0.0143. The monoisotopic (exact) mass is 574 g/mol. The summed E-state index contributed by atoms with van der Waals surface area (Å²) in [5.74, 6) is -0.364. The van der Waals surface area contributed by atoms with Crippen LogP contribution in [0.1, 0.15) is 40.4 Å². The molecule has 2 aromatic carbocycles. The molecule has 0 amide bonds. The summed E-state index contributed by atoms with van der Waals surface area (Å²) in [6.07, 6.45) is 4.84. The van der Waals surface area contributed by atoms with E-state index in [1.165, 1.54) is 18.2 Å². The van der Waals surface area contributed by atoms with E-state index in [1.807, 2.05) is 12.1 Å². The summed E-state index contributed by atoms with van der Waals surface area (Å²) in [5, 5.41) is 12.7. The average Bonchev–Trinajstić information content (AvgIpc) is 3.73. The second kappa shape index (κ2) is 11.6. The third-order valence-electron chi connectivity index (χ3n) is 6.28. The molecule has 0 N–H and O–H groups in total. The van der Waals surface area contributed by atoms with Gasteiger partial charge < -0.3 is 19.4 Å². The van der Waals surface area contributed by atoms with Crippen molar-refractivity contribution in [3.8, 4) is 11.5 Å². The maximum atomic E-state index is 13.4. The fourth-order valence-corrected chi connectivity index (χ4v) is 4.72. The Bertz CT molecular complexity index is 1490. The maximum absolute atomic E-state index is 13.4. The number of fused-ring (bicyclic) bond motifs is 1. The van der Waals surface area contributed by atoms with Crippen LogP contribution in [0.25, 0.3) is 10.9 Å². The van der Waals surface area contributed by atoms with Gasteiger partial charge in [0.15, 0.2) is 23.9 Å². The largest absolute Gasteiger partial charge is 0.619 e. The van der Waals surface area contributed by atoms with Crippen molar-refractivity contribution in [3.63, 3.8) is 0 Å². The van der Waals surface area contributed by atoms with E-state index in [0.717, 1.165) is 30.6 Å². The van der Waals surface area contributed by atoms with E-state index in [9.17, 15) is 18.8 Å². The van der Waals surface area contributed by atoms with E-state index in [1.54, 1.807) is 24.4 Å². The number of alkyl halides is 2. The first kappa shape index (κ1) is 26.9. The Morgan fingerprint density at radius 2 is 1.82 bits per heavy atom. The molecule has 7 nitrogen and oxygen atoms in total. The third-order valence-corrected chi connectivity index (χ3v) is 6.93. The number of para-hydroxylation sites is 1. The van der Waals surface area contributed by atoms with E-state index in [4.69, 9.17) is 32.7 Å². The average molecular weight is 575 g/mol. The number of carbonyl (C=O) groups excluding carboxylic acids is 1. The number of pyridine rings is 2. The lowest BCUT2D eigenvalue weighted by Gasteiger charge is -2.21. The summed E-state index contributed by atoms with van der Waals surface area (Å²) < 4.78 is 43.0. The predicted octanol–water partition coefficient (Wildman–Crippen LogP) is 6.71. The van der Waals surface area contributed by atoms with Crippen molar-refractivity contribution in [1.29, 1.82) is 0 Å². The molecule has 1 fully saturated rings. The number of ether oxygens (including phenoxy) is 3. The second-order valence-electron chi connectivity index (χ2n) is 9.11. The van der Waals surface area contributed by atoms with Crippen LogP contribution in [0.2, 0.25) is 10.0 Å². The molecule has 1 aliphatic rings. The molecule has 2 aromatic heterocycles. The Morgan fingerprint density at radius 1 is 1.08 bits per heavy atom. The molecule has 11 heteroatoms. The molecule has 202 valence electrons. The van der Waals surface area contributed by atoms with Crippen molar-refractivity contribution >= 4 is 40.1 Å². The van der Waals surface area contributed by atoms with E-state index in [-0.39, 0.29) is 33.5 Å². The Kier molecular flexibility index (Phi) is 7.99. The fourth-order valence-electron chi connectivity index (χ4n) is 4.12. The Hall–Kier alpha value is -3.69. The Morgan fingerprint density at radius 3 is 2.54 bits per heavy atom. The van der Waals surface area contributed by atoms with E-state index < -0.39 is 18.7 Å². The number of carbonyl (C=O) groups is 1. The van der Waals surface area contributed by atoms with Gasteiger partial charge in [0.05, 0.1) is 17.7 Å². The highest BCUT2D eigenvalue weighted by molar-refractivity contribution is 6.35. The van der Waals surface area contributed by atoms with Crippen LogP contribution in [0, 0.1) is 11.1 Å². The molecule has 0 saturated heterocycles. The number of halogens is 4. The van der Waals surface area contributed by atoms with Gasteiger partial charge >= 0.3 is 12.6 Å². The van der Waals surface area contributed by atoms with Gasteiger partial charge in [0.1, 0.15) is 16.1 Å². The summed E-state index contributed by atoms with van der Waals surface area (Å²) in [4.78, 5) is 17.8. The first-order valence-electron chi connectivity index (χ1n) is 12.1. The number of esters is 1. The van der Waals surface area contributed by atoms with Crippen LogP contribution in [0.4, 0.5) is 8.78 Å². The van der Waals surface area contributed by atoms with Crippen molar-refractivity contribution in [3.05, 3.63) is 99.1 Å². The standard InChI is InChI=1S/C28H22Cl2F2N2O5/c29-21-13-34(36)14-22(30)20(21)12-24(38-27(35)19-5-1-3-17-4-2-10-33-26(17)19)18-8-9-23(39-28(31)32)25(11-18)37-15-16-6-7-16/h1-5,8-11,13-14,16,24,28H,6-7,12,15H2. The van der Waals surface area contributed by atoms with Crippen molar-refractivity contribution in [2.45, 2.75) is 32.0 Å². The minimum atomic E-state index is -3.05. The lowest BCUT2D eigenvalue weighted by molar-refractivity contribution is -0.605. The lowest BCUT2D eigenvalue weighted by Crippen LogP contribution is -2.25. The van der Waals surface area contributed by atoms with Gasteiger partial charge in [-0.15, -0.1) is 0 Å². The van der Waals surface area contributed by atoms with E-state index in [2.05, 4.69) is 9.72 Å². The van der Waals surface area contributed by atoms with Gasteiger partial charge in [-0.25, -0.2) is 4.79 Å². The van der Waals surface area contributed by atoms with Crippen LogP contribution in [0.15, 0.2) is 67.1 Å². The van der Waals surface area contributed by atoms with E-state index in [0.29, 0.717) is 33.9 Å². The van der Waals surface area contributed by atoms with E-state index >= 15 is 0 Å². The molecule has 4 aromatic rings. The summed E-state index contributed by atoms with van der Waals surface area (Å²) in [5.41, 5.74) is 1.49. The van der Waals surface area contributed by atoms with Gasteiger partial charge in [0.2, 0.25) is 0 Å². The summed E-state index contributed by atoms with van der Waals surface area (Å²) in [6.45, 7) is -2.71. The van der Waals surface area contributed by atoms with Crippen molar-refractivity contribution in [1.82, 2.24) is 4.98 Å². The van der Waals surface area contributed by atoms with Gasteiger partial charge in [-0.2, -0.15) is 13.5 Å². The molecular weight excluding hydrogens is 553 g/mol. The number of aromatic nitrogens is 2. The number of hydrogen-bond donors (Lipinski definition) is 0. The summed E-state index contributed by atoms with van der Waals surface area (Å²) in [7, 11) is 0. The number of nitrogens with zero attached hydrogens (tertiary/aromatic N) is 2. The van der Waals surface area contributed by atoms with Crippen LogP contribution in [-0.2, 0) is 11.2 Å². The zero-order valence-electron chi connectivity index (χ0n) is 20.4. The van der Waals surface area contributed by atoms with Gasteiger partial charge in [-0.05, 0) is 48.6 Å². The molecule has 1 aliphatic carbocycles. The third kappa shape index (κ3) is 6.49. The van der Waals surface area contributed by atoms with Crippen LogP contribution in [-0.4, -0.2) is 24.2 Å². The molecule has 0 aliphatic heterocycles.